The van der Waals surface area contributed by atoms with Crippen molar-refractivity contribution in [2.45, 2.75) is 36.1 Å². The van der Waals surface area contributed by atoms with Crippen molar-refractivity contribution < 1.29 is 13.2 Å². The Morgan fingerprint density at radius 2 is 1.97 bits per heavy atom. The summed E-state index contributed by atoms with van der Waals surface area (Å²) < 4.78 is 28.1. The second-order valence-electron chi connectivity index (χ2n) is 7.55. The molecule has 6 nitrogen and oxygen atoms in total. The Labute approximate surface area is 176 Å². The first-order chi connectivity index (χ1) is 13.8. The number of benzene rings is 2. The van der Waals surface area contributed by atoms with Gasteiger partial charge in [-0.2, -0.15) is 4.31 Å². The molecule has 1 amide bonds. The first-order valence-corrected chi connectivity index (χ1v) is 12.2. The van der Waals surface area contributed by atoms with Crippen molar-refractivity contribution in [3.05, 3.63) is 48.0 Å². The molecular formula is C21H25N3O3S2. The number of hydrogen-bond acceptors (Lipinski definition) is 5. The molecule has 0 bridgehead atoms. The standard InChI is InChI=1S/C21H25N3O3S2/c1-15-4-3-5-17(12-15)24-10-9-23(14-16(24)2)29(26,27)18-6-7-20-19(13-18)22-21(25)8-11-28-20/h3-7,12-13,16H,8-11,14H2,1-2H3,(H,22,25)/t16-/m0/s1. The van der Waals surface area contributed by atoms with Crippen molar-refractivity contribution in [2.75, 3.05) is 35.6 Å². The summed E-state index contributed by atoms with van der Waals surface area (Å²) in [6, 6.07) is 13.4. The monoisotopic (exact) mass is 431 g/mol. The van der Waals surface area contributed by atoms with E-state index >= 15 is 0 Å². The molecule has 29 heavy (non-hydrogen) atoms. The third kappa shape index (κ3) is 4.15. The Hall–Kier alpha value is -2.03. The van der Waals surface area contributed by atoms with Crippen LogP contribution in [0.25, 0.3) is 0 Å². The van der Waals surface area contributed by atoms with E-state index in [0.717, 1.165) is 10.6 Å². The fraction of sp³-hybridized carbons (Fsp3) is 0.381. The average molecular weight is 432 g/mol. The maximum Gasteiger partial charge on any atom is 0.243 e. The van der Waals surface area contributed by atoms with Gasteiger partial charge in [-0.1, -0.05) is 12.1 Å². The minimum Gasteiger partial charge on any atom is -0.366 e. The van der Waals surface area contributed by atoms with E-state index in [0.29, 0.717) is 37.5 Å². The van der Waals surface area contributed by atoms with Gasteiger partial charge in [0.15, 0.2) is 0 Å². The molecule has 2 aliphatic rings. The summed E-state index contributed by atoms with van der Waals surface area (Å²) in [4.78, 5) is 15.3. The number of amides is 1. The second kappa shape index (κ2) is 8.01. The van der Waals surface area contributed by atoms with Crippen LogP contribution in [0.2, 0.25) is 0 Å². The molecule has 0 radical (unpaired) electrons. The van der Waals surface area contributed by atoms with Crippen LogP contribution in [0.1, 0.15) is 18.9 Å². The Morgan fingerprint density at radius 1 is 1.14 bits per heavy atom. The fourth-order valence-corrected chi connectivity index (χ4v) is 6.32. The number of nitrogens with one attached hydrogen (secondary N) is 1. The van der Waals surface area contributed by atoms with Gasteiger partial charge in [-0.15, -0.1) is 11.8 Å². The van der Waals surface area contributed by atoms with Crippen LogP contribution in [-0.2, 0) is 14.8 Å². The van der Waals surface area contributed by atoms with Crippen LogP contribution in [0.5, 0.6) is 0 Å². The number of sulfonamides is 1. The van der Waals surface area contributed by atoms with Crippen molar-refractivity contribution in [3.63, 3.8) is 0 Å². The number of aryl methyl sites for hydroxylation is 1. The summed E-state index contributed by atoms with van der Waals surface area (Å²) in [7, 11) is -3.63. The summed E-state index contributed by atoms with van der Waals surface area (Å²) in [5, 5.41) is 2.83. The van der Waals surface area contributed by atoms with E-state index in [-0.39, 0.29) is 16.8 Å². The lowest BCUT2D eigenvalue weighted by Crippen LogP contribution is -2.53. The second-order valence-corrected chi connectivity index (χ2v) is 10.6. The van der Waals surface area contributed by atoms with E-state index in [2.05, 4.69) is 42.3 Å². The molecular weight excluding hydrogens is 406 g/mol. The highest BCUT2D eigenvalue weighted by atomic mass is 32.2. The molecule has 2 aromatic rings. The Balaban J connectivity index is 1.55. The maximum atomic E-state index is 13.3. The molecule has 1 N–H and O–H groups in total. The highest BCUT2D eigenvalue weighted by Crippen LogP contribution is 2.34. The van der Waals surface area contributed by atoms with Gasteiger partial charge >= 0.3 is 0 Å². The topological polar surface area (TPSA) is 69.7 Å². The summed E-state index contributed by atoms with van der Waals surface area (Å²) in [5.41, 5.74) is 2.90. The van der Waals surface area contributed by atoms with E-state index in [1.165, 1.54) is 5.56 Å². The number of nitrogens with zero attached hydrogens (tertiary/aromatic N) is 2. The van der Waals surface area contributed by atoms with Crippen molar-refractivity contribution in [2.24, 2.45) is 0 Å². The number of piperazine rings is 1. The summed E-state index contributed by atoms with van der Waals surface area (Å²) in [6.45, 7) is 5.61. The van der Waals surface area contributed by atoms with Gasteiger partial charge in [0.25, 0.3) is 0 Å². The van der Waals surface area contributed by atoms with Gasteiger partial charge in [0.2, 0.25) is 15.9 Å². The van der Waals surface area contributed by atoms with E-state index < -0.39 is 10.0 Å². The number of hydrogen-bond donors (Lipinski definition) is 1. The molecule has 0 saturated carbocycles. The molecule has 1 atom stereocenters. The molecule has 0 aliphatic carbocycles. The number of thioether (sulfide) groups is 1. The molecule has 0 unspecified atom stereocenters. The molecule has 154 valence electrons. The van der Waals surface area contributed by atoms with Gasteiger partial charge in [-0.25, -0.2) is 8.42 Å². The molecule has 2 aromatic carbocycles. The highest BCUT2D eigenvalue weighted by molar-refractivity contribution is 7.99. The van der Waals surface area contributed by atoms with Crippen molar-refractivity contribution in [1.29, 1.82) is 0 Å². The predicted molar refractivity (Wildman–Crippen MR) is 117 cm³/mol. The third-order valence-corrected chi connectivity index (χ3v) is 8.31. The molecule has 4 rings (SSSR count). The molecule has 2 aliphatic heterocycles. The Kier molecular flexibility index (Phi) is 5.59. The summed E-state index contributed by atoms with van der Waals surface area (Å²) >= 11 is 1.57. The van der Waals surface area contributed by atoms with Crippen LogP contribution in [0.15, 0.2) is 52.3 Å². The van der Waals surface area contributed by atoms with Crippen LogP contribution in [0.4, 0.5) is 11.4 Å². The van der Waals surface area contributed by atoms with Crippen molar-refractivity contribution in [3.8, 4) is 0 Å². The van der Waals surface area contributed by atoms with Gasteiger partial charge in [0.1, 0.15) is 0 Å². The smallest absolute Gasteiger partial charge is 0.243 e. The summed E-state index contributed by atoms with van der Waals surface area (Å²) in [5.74, 6) is 0.620. The van der Waals surface area contributed by atoms with Crippen LogP contribution < -0.4 is 10.2 Å². The number of fused-ring (bicyclic) bond motifs is 1. The quantitative estimate of drug-likeness (QED) is 0.807. The third-order valence-electron chi connectivity index (χ3n) is 5.37. The van der Waals surface area contributed by atoms with Gasteiger partial charge in [0.05, 0.1) is 10.6 Å². The molecule has 0 aromatic heterocycles. The van der Waals surface area contributed by atoms with Crippen LogP contribution in [0.3, 0.4) is 0 Å². The lowest BCUT2D eigenvalue weighted by Gasteiger charge is -2.40. The number of carbonyl (C=O) groups is 1. The first-order valence-electron chi connectivity index (χ1n) is 9.75. The van der Waals surface area contributed by atoms with E-state index in [1.807, 2.05) is 6.07 Å². The van der Waals surface area contributed by atoms with Gasteiger partial charge in [-0.05, 0) is 49.7 Å². The largest absolute Gasteiger partial charge is 0.366 e. The minimum atomic E-state index is -3.63. The Morgan fingerprint density at radius 3 is 2.72 bits per heavy atom. The minimum absolute atomic E-state index is 0.0661. The number of anilines is 2. The summed E-state index contributed by atoms with van der Waals surface area (Å²) in [6.07, 6.45) is 0.430. The van der Waals surface area contributed by atoms with Crippen LogP contribution >= 0.6 is 11.8 Å². The lowest BCUT2D eigenvalue weighted by atomic mass is 10.1. The SMILES string of the molecule is Cc1cccc(N2CCN(S(=O)(=O)c3ccc4c(c3)NC(=O)CCS4)C[C@@H]2C)c1. The van der Waals surface area contributed by atoms with Gasteiger partial charge < -0.3 is 10.2 Å². The van der Waals surface area contributed by atoms with E-state index in [4.69, 9.17) is 0 Å². The van der Waals surface area contributed by atoms with Crippen LogP contribution in [0, 0.1) is 6.92 Å². The number of carbonyl (C=O) groups excluding carboxylic acids is 1. The lowest BCUT2D eigenvalue weighted by molar-refractivity contribution is -0.115. The van der Waals surface area contributed by atoms with Gasteiger partial charge in [-0.3, -0.25) is 4.79 Å². The maximum absolute atomic E-state index is 13.3. The van der Waals surface area contributed by atoms with Crippen LogP contribution in [-0.4, -0.2) is 50.1 Å². The first kappa shape index (κ1) is 20.3. The van der Waals surface area contributed by atoms with E-state index in [1.54, 1.807) is 34.3 Å². The normalized spacial score (nSPS) is 20.7. The fourth-order valence-electron chi connectivity index (χ4n) is 3.84. The van der Waals surface area contributed by atoms with E-state index in [9.17, 15) is 13.2 Å². The van der Waals surface area contributed by atoms with Gasteiger partial charge in [0, 0.05) is 48.4 Å². The zero-order valence-corrected chi connectivity index (χ0v) is 18.2. The average Bonchev–Trinajstić information content (AvgIpc) is 2.87. The molecule has 8 heteroatoms. The predicted octanol–water partition coefficient (Wildman–Crippen LogP) is 3.33. The molecule has 1 fully saturated rings. The Bertz CT molecular complexity index is 1040. The zero-order chi connectivity index (χ0) is 20.6. The van der Waals surface area contributed by atoms with Crippen molar-refractivity contribution >= 4 is 39.1 Å². The zero-order valence-electron chi connectivity index (χ0n) is 16.6. The van der Waals surface area contributed by atoms with Crippen molar-refractivity contribution in [1.82, 2.24) is 4.31 Å². The molecule has 0 spiro atoms. The number of rotatable bonds is 3. The molecule has 1 saturated heterocycles. The molecule has 2 heterocycles. The highest BCUT2D eigenvalue weighted by Gasteiger charge is 2.33.